The van der Waals surface area contributed by atoms with Crippen LogP contribution in [0.2, 0.25) is 5.02 Å². The van der Waals surface area contributed by atoms with E-state index in [-0.39, 0.29) is 10.7 Å². The zero-order chi connectivity index (χ0) is 10.9. The minimum Gasteiger partial charge on any atom is -0.377 e. The van der Waals surface area contributed by atoms with Gasteiger partial charge in [-0.3, -0.25) is 10.1 Å². The van der Waals surface area contributed by atoms with Crippen LogP contribution < -0.4 is 4.90 Å². The Morgan fingerprint density at radius 3 is 2.43 bits per heavy atom. The molecule has 0 unspecified atom stereocenters. The summed E-state index contributed by atoms with van der Waals surface area (Å²) in [5.41, 5.74) is 1.67. The number of hydrogen-bond acceptors (Lipinski definition) is 3. The lowest BCUT2D eigenvalue weighted by Crippen LogP contribution is -2.10. The zero-order valence-electron chi connectivity index (χ0n) is 8.24. The standard InChI is InChI=1S/C9H11ClN2O2/c1-6-4-7(10)9(12(13)14)5-8(6)11(2)3/h4-5H,1-3H3. The van der Waals surface area contributed by atoms with E-state index in [1.54, 1.807) is 6.07 Å². The number of rotatable bonds is 2. The Balaban J connectivity index is 3.34. The molecule has 0 amide bonds. The molecular formula is C9H11ClN2O2. The highest BCUT2D eigenvalue weighted by Gasteiger charge is 2.15. The van der Waals surface area contributed by atoms with E-state index in [0.29, 0.717) is 0 Å². The van der Waals surface area contributed by atoms with Crippen LogP contribution in [0.25, 0.3) is 0 Å². The summed E-state index contributed by atoms with van der Waals surface area (Å²) in [4.78, 5) is 12.0. The molecule has 0 N–H and O–H groups in total. The largest absolute Gasteiger partial charge is 0.377 e. The van der Waals surface area contributed by atoms with Crippen LogP contribution >= 0.6 is 11.6 Å². The predicted octanol–water partition coefficient (Wildman–Crippen LogP) is 2.62. The van der Waals surface area contributed by atoms with Gasteiger partial charge in [-0.25, -0.2) is 0 Å². The summed E-state index contributed by atoms with van der Waals surface area (Å²) in [7, 11) is 3.67. The molecule has 0 heterocycles. The lowest BCUT2D eigenvalue weighted by atomic mass is 10.1. The first kappa shape index (κ1) is 10.8. The summed E-state index contributed by atoms with van der Waals surface area (Å²) in [5.74, 6) is 0. The van der Waals surface area contributed by atoms with Crippen molar-refractivity contribution in [2.24, 2.45) is 0 Å². The quantitative estimate of drug-likeness (QED) is 0.562. The normalized spacial score (nSPS) is 10.0. The van der Waals surface area contributed by atoms with Crippen molar-refractivity contribution in [3.05, 3.63) is 32.8 Å². The van der Waals surface area contributed by atoms with Crippen LogP contribution in [0.5, 0.6) is 0 Å². The number of hydrogen-bond donors (Lipinski definition) is 0. The molecule has 0 aromatic heterocycles. The van der Waals surface area contributed by atoms with Gasteiger partial charge >= 0.3 is 0 Å². The average molecular weight is 215 g/mol. The third-order valence-electron chi connectivity index (χ3n) is 1.94. The van der Waals surface area contributed by atoms with Crippen LogP contribution in [0, 0.1) is 17.0 Å². The van der Waals surface area contributed by atoms with Crippen molar-refractivity contribution in [1.29, 1.82) is 0 Å². The molecule has 0 aliphatic carbocycles. The summed E-state index contributed by atoms with van der Waals surface area (Å²) in [6.07, 6.45) is 0. The molecule has 0 aliphatic rings. The van der Waals surface area contributed by atoms with Gasteiger partial charge in [-0.1, -0.05) is 11.6 Å². The van der Waals surface area contributed by atoms with E-state index in [0.717, 1.165) is 11.3 Å². The molecule has 0 atom stereocenters. The van der Waals surface area contributed by atoms with Crippen LogP contribution in [-0.2, 0) is 0 Å². The third-order valence-corrected chi connectivity index (χ3v) is 2.25. The molecule has 0 saturated heterocycles. The Morgan fingerprint density at radius 1 is 1.43 bits per heavy atom. The second kappa shape index (κ2) is 3.84. The second-order valence-electron chi connectivity index (χ2n) is 3.24. The first-order chi connectivity index (χ1) is 6.43. The first-order valence-electron chi connectivity index (χ1n) is 4.05. The van der Waals surface area contributed by atoms with Gasteiger partial charge in [0.25, 0.3) is 5.69 Å². The molecule has 1 rings (SSSR count). The number of benzene rings is 1. The van der Waals surface area contributed by atoms with Crippen molar-refractivity contribution in [3.63, 3.8) is 0 Å². The molecule has 0 radical (unpaired) electrons. The second-order valence-corrected chi connectivity index (χ2v) is 3.65. The molecule has 5 heteroatoms. The predicted molar refractivity (Wildman–Crippen MR) is 57.2 cm³/mol. The number of anilines is 1. The maximum Gasteiger partial charge on any atom is 0.289 e. The topological polar surface area (TPSA) is 46.4 Å². The Kier molecular flexibility index (Phi) is 2.96. The molecule has 0 aliphatic heterocycles. The van der Waals surface area contributed by atoms with Gasteiger partial charge in [-0.05, 0) is 18.6 Å². The summed E-state index contributed by atoms with van der Waals surface area (Å²) >= 11 is 5.74. The van der Waals surface area contributed by atoms with Gasteiger partial charge in [-0.2, -0.15) is 0 Å². The Labute approximate surface area is 87.2 Å². The fourth-order valence-electron chi connectivity index (χ4n) is 1.27. The zero-order valence-corrected chi connectivity index (χ0v) is 9.00. The van der Waals surface area contributed by atoms with Gasteiger partial charge in [0.1, 0.15) is 5.02 Å². The van der Waals surface area contributed by atoms with Gasteiger partial charge < -0.3 is 4.90 Å². The van der Waals surface area contributed by atoms with Crippen molar-refractivity contribution >= 4 is 23.0 Å². The highest BCUT2D eigenvalue weighted by Crippen LogP contribution is 2.31. The van der Waals surface area contributed by atoms with Gasteiger partial charge in [0.15, 0.2) is 0 Å². The highest BCUT2D eigenvalue weighted by atomic mass is 35.5. The third kappa shape index (κ3) is 1.96. The summed E-state index contributed by atoms with van der Waals surface area (Å²) in [6.45, 7) is 1.87. The maximum absolute atomic E-state index is 10.6. The van der Waals surface area contributed by atoms with Crippen LogP contribution in [0.1, 0.15) is 5.56 Å². The van der Waals surface area contributed by atoms with E-state index < -0.39 is 4.92 Å². The number of nitrogens with zero attached hydrogens (tertiary/aromatic N) is 2. The monoisotopic (exact) mass is 214 g/mol. The molecule has 1 aromatic carbocycles. The van der Waals surface area contributed by atoms with Gasteiger partial charge in [0.2, 0.25) is 0 Å². The molecule has 0 fully saturated rings. The number of aryl methyl sites for hydroxylation is 1. The average Bonchev–Trinajstić information content (AvgIpc) is 2.02. The van der Waals surface area contributed by atoms with Crippen LogP contribution in [-0.4, -0.2) is 19.0 Å². The van der Waals surface area contributed by atoms with E-state index >= 15 is 0 Å². The summed E-state index contributed by atoms with van der Waals surface area (Å²) in [5, 5.41) is 10.8. The Bertz CT molecular complexity index is 377. The van der Waals surface area contributed by atoms with E-state index in [4.69, 9.17) is 11.6 Å². The van der Waals surface area contributed by atoms with Crippen molar-refractivity contribution in [2.75, 3.05) is 19.0 Å². The van der Waals surface area contributed by atoms with Crippen molar-refractivity contribution in [3.8, 4) is 0 Å². The molecule has 4 nitrogen and oxygen atoms in total. The minimum atomic E-state index is -0.477. The number of nitro groups is 1. The fraction of sp³-hybridized carbons (Fsp3) is 0.333. The van der Waals surface area contributed by atoms with E-state index in [9.17, 15) is 10.1 Å². The van der Waals surface area contributed by atoms with E-state index in [1.165, 1.54) is 6.07 Å². The molecule has 0 bridgehead atoms. The molecule has 76 valence electrons. The summed E-state index contributed by atoms with van der Waals surface area (Å²) in [6, 6.07) is 3.09. The Morgan fingerprint density at radius 2 is 2.00 bits per heavy atom. The van der Waals surface area contributed by atoms with Crippen LogP contribution in [0.15, 0.2) is 12.1 Å². The van der Waals surface area contributed by atoms with Gasteiger partial charge in [0.05, 0.1) is 4.92 Å². The van der Waals surface area contributed by atoms with Crippen LogP contribution in [0.3, 0.4) is 0 Å². The smallest absolute Gasteiger partial charge is 0.289 e. The SMILES string of the molecule is Cc1cc(Cl)c([N+](=O)[O-])cc1N(C)C. The minimum absolute atomic E-state index is 0.0547. The molecule has 0 spiro atoms. The molecule has 0 saturated carbocycles. The molecular weight excluding hydrogens is 204 g/mol. The van der Waals surface area contributed by atoms with Crippen molar-refractivity contribution in [1.82, 2.24) is 0 Å². The van der Waals surface area contributed by atoms with E-state index in [1.807, 2.05) is 25.9 Å². The van der Waals surface area contributed by atoms with Crippen molar-refractivity contribution < 1.29 is 4.92 Å². The first-order valence-corrected chi connectivity index (χ1v) is 4.43. The fourth-order valence-corrected chi connectivity index (χ4v) is 1.56. The number of halogens is 1. The maximum atomic E-state index is 10.6. The van der Waals surface area contributed by atoms with Crippen molar-refractivity contribution in [2.45, 2.75) is 6.92 Å². The van der Waals surface area contributed by atoms with Crippen LogP contribution in [0.4, 0.5) is 11.4 Å². The highest BCUT2D eigenvalue weighted by molar-refractivity contribution is 6.32. The van der Waals surface area contributed by atoms with Gasteiger partial charge in [-0.15, -0.1) is 0 Å². The van der Waals surface area contributed by atoms with Gasteiger partial charge in [0, 0.05) is 25.8 Å². The lowest BCUT2D eigenvalue weighted by Gasteiger charge is -2.15. The molecule has 1 aromatic rings. The molecule has 14 heavy (non-hydrogen) atoms. The number of nitro benzene ring substituents is 1. The lowest BCUT2D eigenvalue weighted by molar-refractivity contribution is -0.384. The van der Waals surface area contributed by atoms with E-state index in [2.05, 4.69) is 0 Å². The Hall–Kier alpha value is -1.29. The summed E-state index contributed by atoms with van der Waals surface area (Å²) < 4.78 is 0.